The number of imide groups is 1. The lowest BCUT2D eigenvalue weighted by atomic mass is 9.97. The van der Waals surface area contributed by atoms with Crippen LogP contribution in [0.3, 0.4) is 0 Å². The molecule has 0 aromatic carbocycles. The van der Waals surface area contributed by atoms with E-state index in [4.69, 9.17) is 0 Å². The van der Waals surface area contributed by atoms with Crippen molar-refractivity contribution in [3.63, 3.8) is 0 Å². The highest BCUT2D eigenvalue weighted by atomic mass is 32.2. The number of nitrogens with one attached hydrogen (secondary N) is 2. The number of amides is 3. The fourth-order valence-electron chi connectivity index (χ4n) is 3.12. The van der Waals surface area contributed by atoms with E-state index in [1.165, 1.54) is 35.0 Å². The lowest BCUT2D eigenvalue weighted by Gasteiger charge is -2.21. The van der Waals surface area contributed by atoms with Crippen LogP contribution in [-0.4, -0.2) is 32.7 Å². The Balaban J connectivity index is 1.80. The third-order valence-corrected chi connectivity index (χ3v) is 6.55. The molecule has 2 aromatic heterocycles. The zero-order chi connectivity index (χ0) is 19.8. The lowest BCUT2D eigenvalue weighted by Crippen LogP contribution is -2.49. The number of hydrogen-bond acceptors (Lipinski definition) is 6. The zero-order valence-electron chi connectivity index (χ0n) is 16.4. The van der Waals surface area contributed by atoms with Gasteiger partial charge in [0.05, 0.1) is 5.25 Å². The second kappa shape index (κ2) is 7.75. The van der Waals surface area contributed by atoms with Crippen LogP contribution in [-0.2, 0) is 17.6 Å². The van der Waals surface area contributed by atoms with Gasteiger partial charge < -0.3 is 5.32 Å². The number of aromatic nitrogens is 2. The van der Waals surface area contributed by atoms with Crippen molar-refractivity contribution in [1.82, 2.24) is 20.6 Å². The summed E-state index contributed by atoms with van der Waals surface area (Å²) in [7, 11) is 0. The minimum atomic E-state index is -0.475. The summed E-state index contributed by atoms with van der Waals surface area (Å²) in [6.45, 7) is 9.29. The molecule has 2 aromatic rings. The molecule has 0 radical (unpaired) electrons. The Kier molecular flexibility index (Phi) is 5.76. The maximum Gasteiger partial charge on any atom is 0.321 e. The predicted octanol–water partition coefficient (Wildman–Crippen LogP) is 3.98. The van der Waals surface area contributed by atoms with E-state index in [0.717, 1.165) is 28.1 Å². The van der Waals surface area contributed by atoms with Crippen LogP contribution in [0.2, 0.25) is 0 Å². The van der Waals surface area contributed by atoms with E-state index in [0.29, 0.717) is 5.82 Å². The average molecular weight is 407 g/mol. The van der Waals surface area contributed by atoms with E-state index in [1.54, 1.807) is 18.3 Å². The second-order valence-corrected chi connectivity index (χ2v) is 10.3. The topological polar surface area (TPSA) is 84.0 Å². The monoisotopic (exact) mass is 406 g/mol. The van der Waals surface area contributed by atoms with Gasteiger partial charge in [-0.15, -0.1) is 11.3 Å². The van der Waals surface area contributed by atoms with Gasteiger partial charge in [-0.05, 0) is 65.9 Å². The summed E-state index contributed by atoms with van der Waals surface area (Å²) in [5.41, 5.74) is 0.953. The molecule has 0 saturated carbocycles. The van der Waals surface area contributed by atoms with Gasteiger partial charge in [0.15, 0.2) is 0 Å². The number of thioether (sulfide) groups is 1. The van der Waals surface area contributed by atoms with Gasteiger partial charge >= 0.3 is 6.03 Å². The Labute approximate surface area is 167 Å². The Bertz CT molecular complexity index is 886. The Morgan fingerprint density at radius 2 is 1.89 bits per heavy atom. The molecule has 8 heteroatoms. The molecule has 3 amide bonds. The number of carbonyl (C=O) groups is 2. The first-order valence-corrected chi connectivity index (χ1v) is 10.9. The van der Waals surface area contributed by atoms with E-state index >= 15 is 0 Å². The Morgan fingerprint density at radius 3 is 2.59 bits per heavy atom. The standard InChI is InChI=1S/C19H26N4O2S2/c1-10(15(24)22-18(25)23-19(3,4)5)26-16-14-12-8-6-7-9-13(12)27-17(14)21-11(2)20-16/h10H,6-9H2,1-5H3,(H2,22,23,24,25)/t10-/m1/s1. The normalized spacial score (nSPS) is 15.3. The molecular formula is C19H26N4O2S2. The number of nitrogens with zero attached hydrogens (tertiary/aromatic N) is 2. The summed E-state index contributed by atoms with van der Waals surface area (Å²) in [6, 6.07) is -0.475. The van der Waals surface area contributed by atoms with Crippen molar-refractivity contribution >= 4 is 45.3 Å². The molecule has 1 aliphatic rings. The Morgan fingerprint density at radius 1 is 1.19 bits per heavy atom. The fourth-order valence-corrected chi connectivity index (χ4v) is 5.51. The van der Waals surface area contributed by atoms with E-state index in [2.05, 4.69) is 20.6 Å². The van der Waals surface area contributed by atoms with Crippen molar-refractivity contribution in [1.29, 1.82) is 0 Å². The number of hydrogen-bond donors (Lipinski definition) is 2. The predicted molar refractivity (Wildman–Crippen MR) is 111 cm³/mol. The molecule has 1 aliphatic carbocycles. The number of fused-ring (bicyclic) bond motifs is 3. The van der Waals surface area contributed by atoms with Crippen molar-refractivity contribution in [3.8, 4) is 0 Å². The molecular weight excluding hydrogens is 380 g/mol. The first-order valence-electron chi connectivity index (χ1n) is 9.22. The molecule has 0 fully saturated rings. The van der Waals surface area contributed by atoms with Gasteiger partial charge in [0, 0.05) is 15.8 Å². The molecule has 0 spiro atoms. The molecule has 1 atom stereocenters. The third-order valence-electron chi connectivity index (χ3n) is 4.28. The maximum atomic E-state index is 12.5. The molecule has 2 heterocycles. The molecule has 0 bridgehead atoms. The van der Waals surface area contributed by atoms with Crippen LogP contribution in [0.4, 0.5) is 4.79 Å². The maximum absolute atomic E-state index is 12.5. The van der Waals surface area contributed by atoms with Crippen LogP contribution >= 0.6 is 23.1 Å². The van der Waals surface area contributed by atoms with Crippen LogP contribution in [0.25, 0.3) is 10.2 Å². The van der Waals surface area contributed by atoms with E-state index in [1.807, 2.05) is 27.7 Å². The average Bonchev–Trinajstić information content (AvgIpc) is 2.90. The summed E-state index contributed by atoms with van der Waals surface area (Å²) in [4.78, 5) is 36.1. The number of aryl methyl sites for hydroxylation is 3. The number of rotatable bonds is 3. The van der Waals surface area contributed by atoms with Crippen molar-refractivity contribution in [2.75, 3.05) is 0 Å². The van der Waals surface area contributed by atoms with Gasteiger partial charge in [0.2, 0.25) is 5.91 Å². The van der Waals surface area contributed by atoms with Gasteiger partial charge in [0.25, 0.3) is 0 Å². The molecule has 3 rings (SSSR count). The smallest absolute Gasteiger partial charge is 0.321 e. The van der Waals surface area contributed by atoms with E-state index < -0.39 is 16.8 Å². The minimum absolute atomic E-state index is 0.324. The second-order valence-electron chi connectivity index (χ2n) is 7.92. The number of urea groups is 1. The van der Waals surface area contributed by atoms with Gasteiger partial charge in [0.1, 0.15) is 15.7 Å². The molecule has 27 heavy (non-hydrogen) atoms. The van der Waals surface area contributed by atoms with Crippen molar-refractivity contribution in [3.05, 3.63) is 16.3 Å². The van der Waals surface area contributed by atoms with Crippen LogP contribution in [0.15, 0.2) is 5.03 Å². The van der Waals surface area contributed by atoms with Crippen LogP contribution < -0.4 is 10.6 Å². The van der Waals surface area contributed by atoms with Crippen molar-refractivity contribution in [2.45, 2.75) is 76.1 Å². The fraction of sp³-hybridized carbons (Fsp3) is 0.579. The molecule has 0 aliphatic heterocycles. The highest BCUT2D eigenvalue weighted by Gasteiger charge is 2.25. The molecule has 0 unspecified atom stereocenters. The van der Waals surface area contributed by atoms with Crippen molar-refractivity contribution < 1.29 is 9.59 Å². The number of thiophene rings is 1. The van der Waals surface area contributed by atoms with Gasteiger partial charge in [-0.25, -0.2) is 14.8 Å². The van der Waals surface area contributed by atoms with Gasteiger partial charge in [-0.3, -0.25) is 10.1 Å². The van der Waals surface area contributed by atoms with E-state index in [9.17, 15) is 9.59 Å². The molecule has 6 nitrogen and oxygen atoms in total. The molecule has 0 saturated heterocycles. The van der Waals surface area contributed by atoms with E-state index in [-0.39, 0.29) is 5.91 Å². The van der Waals surface area contributed by atoms with Crippen LogP contribution in [0.1, 0.15) is 56.8 Å². The molecule has 146 valence electrons. The first kappa shape index (κ1) is 20.1. The summed E-state index contributed by atoms with van der Waals surface area (Å²) >= 11 is 3.15. The minimum Gasteiger partial charge on any atom is -0.333 e. The first-order chi connectivity index (χ1) is 12.6. The summed E-state index contributed by atoms with van der Waals surface area (Å²) < 4.78 is 0. The third kappa shape index (κ3) is 4.79. The highest BCUT2D eigenvalue weighted by Crippen LogP contribution is 2.40. The van der Waals surface area contributed by atoms with Crippen molar-refractivity contribution in [2.24, 2.45) is 0 Å². The molecule has 2 N–H and O–H groups in total. The van der Waals surface area contributed by atoms with Crippen LogP contribution in [0.5, 0.6) is 0 Å². The zero-order valence-corrected chi connectivity index (χ0v) is 18.1. The SMILES string of the molecule is Cc1nc(S[C@H](C)C(=O)NC(=O)NC(C)(C)C)c2c3c(sc2n1)CCCC3. The Hall–Kier alpha value is -1.67. The quantitative estimate of drug-likeness (QED) is 0.595. The highest BCUT2D eigenvalue weighted by molar-refractivity contribution is 8.00. The van der Waals surface area contributed by atoms with Crippen LogP contribution in [0, 0.1) is 6.92 Å². The summed E-state index contributed by atoms with van der Waals surface area (Å²) in [6.07, 6.45) is 4.54. The summed E-state index contributed by atoms with van der Waals surface area (Å²) in [5, 5.41) is 6.67. The number of carbonyl (C=O) groups excluding carboxylic acids is 2. The summed E-state index contributed by atoms with van der Waals surface area (Å²) in [5.74, 6) is 0.386. The van der Waals surface area contributed by atoms with Gasteiger partial charge in [-0.1, -0.05) is 11.8 Å². The largest absolute Gasteiger partial charge is 0.333 e. The lowest BCUT2D eigenvalue weighted by molar-refractivity contribution is -0.119. The van der Waals surface area contributed by atoms with Gasteiger partial charge in [-0.2, -0.15) is 0 Å².